The van der Waals surface area contributed by atoms with Gasteiger partial charge in [0.15, 0.2) is 12.4 Å². The molecule has 0 atom stereocenters. The van der Waals surface area contributed by atoms with E-state index in [1.54, 1.807) is 24.3 Å². The molecular formula is C20H21NO4S. The molecule has 1 amide bonds. The van der Waals surface area contributed by atoms with Crippen molar-refractivity contribution in [2.45, 2.75) is 19.6 Å². The van der Waals surface area contributed by atoms with E-state index in [4.69, 9.17) is 4.74 Å². The van der Waals surface area contributed by atoms with Gasteiger partial charge in [-0.1, -0.05) is 42.0 Å². The Hall–Kier alpha value is -2.60. The Labute approximate surface area is 157 Å². The second-order valence-corrected chi connectivity index (χ2v) is 6.81. The molecule has 136 valence electrons. The zero-order valence-corrected chi connectivity index (χ0v) is 15.6. The first-order valence-electron chi connectivity index (χ1n) is 8.14. The van der Waals surface area contributed by atoms with E-state index in [1.807, 2.05) is 31.2 Å². The molecule has 0 heterocycles. The van der Waals surface area contributed by atoms with Crippen LogP contribution in [0.15, 0.2) is 48.5 Å². The standard InChI is InChI=1S/C20H21NO4S/c1-14-6-8-16(9-7-14)12-26-13-20(24)25-11-19(23)21-18-5-3-4-17(10-18)15(2)22/h3-10H,11-13H2,1-2H3,(H,21,23). The Balaban J connectivity index is 1.69. The highest BCUT2D eigenvalue weighted by atomic mass is 32.2. The molecule has 6 heteroatoms. The quantitative estimate of drug-likeness (QED) is 0.567. The number of ketones is 1. The van der Waals surface area contributed by atoms with E-state index in [1.165, 1.54) is 24.2 Å². The van der Waals surface area contributed by atoms with Gasteiger partial charge in [-0.2, -0.15) is 0 Å². The third-order valence-corrected chi connectivity index (χ3v) is 4.50. The summed E-state index contributed by atoms with van der Waals surface area (Å²) in [6, 6.07) is 14.7. The third kappa shape index (κ3) is 6.72. The van der Waals surface area contributed by atoms with Crippen molar-refractivity contribution in [2.75, 3.05) is 17.7 Å². The van der Waals surface area contributed by atoms with Gasteiger partial charge in [0.2, 0.25) is 0 Å². The van der Waals surface area contributed by atoms with Crippen LogP contribution in [0.4, 0.5) is 5.69 Å². The monoisotopic (exact) mass is 371 g/mol. The first-order valence-corrected chi connectivity index (χ1v) is 9.29. The number of anilines is 1. The molecule has 0 aromatic heterocycles. The van der Waals surface area contributed by atoms with Gasteiger partial charge in [0.25, 0.3) is 5.91 Å². The molecule has 2 rings (SSSR count). The van der Waals surface area contributed by atoms with Crippen molar-refractivity contribution in [1.29, 1.82) is 0 Å². The molecule has 26 heavy (non-hydrogen) atoms. The van der Waals surface area contributed by atoms with Crippen LogP contribution in [0, 0.1) is 6.92 Å². The lowest BCUT2D eigenvalue weighted by molar-refractivity contribution is -0.144. The van der Waals surface area contributed by atoms with Gasteiger partial charge in [-0.15, -0.1) is 11.8 Å². The SMILES string of the molecule is CC(=O)c1cccc(NC(=O)COC(=O)CSCc2ccc(C)cc2)c1. The molecule has 2 aromatic rings. The zero-order chi connectivity index (χ0) is 18.9. The van der Waals surface area contributed by atoms with Gasteiger partial charge in [0, 0.05) is 17.0 Å². The number of benzene rings is 2. The summed E-state index contributed by atoms with van der Waals surface area (Å²) >= 11 is 1.44. The Morgan fingerprint density at radius 3 is 2.50 bits per heavy atom. The third-order valence-electron chi connectivity index (χ3n) is 3.53. The average Bonchev–Trinajstić information content (AvgIpc) is 2.62. The first-order chi connectivity index (χ1) is 12.4. The van der Waals surface area contributed by atoms with Crippen LogP contribution >= 0.6 is 11.8 Å². The lowest BCUT2D eigenvalue weighted by Crippen LogP contribution is -2.21. The lowest BCUT2D eigenvalue weighted by Gasteiger charge is -2.07. The Bertz CT molecular complexity index is 787. The predicted molar refractivity (Wildman–Crippen MR) is 103 cm³/mol. The number of nitrogens with one attached hydrogen (secondary N) is 1. The van der Waals surface area contributed by atoms with Crippen LogP contribution in [0.5, 0.6) is 0 Å². The summed E-state index contributed by atoms with van der Waals surface area (Å²) in [5, 5.41) is 2.60. The fraction of sp³-hybridized carbons (Fsp3) is 0.250. The summed E-state index contributed by atoms with van der Waals surface area (Å²) in [5.41, 5.74) is 3.33. The number of rotatable bonds is 8. The van der Waals surface area contributed by atoms with Gasteiger partial charge < -0.3 is 10.1 Å². The molecule has 0 aliphatic rings. The number of thioether (sulfide) groups is 1. The second kappa shape index (κ2) is 9.77. The van der Waals surface area contributed by atoms with Gasteiger partial charge in [0.1, 0.15) is 0 Å². The molecule has 0 saturated carbocycles. The molecule has 0 radical (unpaired) electrons. The number of carbonyl (C=O) groups excluding carboxylic acids is 3. The minimum atomic E-state index is -0.442. The number of ether oxygens (including phenoxy) is 1. The maximum absolute atomic E-state index is 11.8. The van der Waals surface area contributed by atoms with Crippen LogP contribution < -0.4 is 5.32 Å². The number of hydrogen-bond acceptors (Lipinski definition) is 5. The van der Waals surface area contributed by atoms with E-state index in [0.29, 0.717) is 17.0 Å². The Morgan fingerprint density at radius 2 is 1.81 bits per heavy atom. The summed E-state index contributed by atoms with van der Waals surface area (Å²) in [6.07, 6.45) is 0. The van der Waals surface area contributed by atoms with Gasteiger partial charge in [-0.25, -0.2) is 0 Å². The summed E-state index contributed by atoms with van der Waals surface area (Å²) in [4.78, 5) is 34.9. The van der Waals surface area contributed by atoms with Crippen LogP contribution in [0.3, 0.4) is 0 Å². The number of amides is 1. The molecule has 0 saturated heterocycles. The van der Waals surface area contributed by atoms with Crippen LogP contribution in [0.2, 0.25) is 0 Å². The number of carbonyl (C=O) groups is 3. The highest BCUT2D eigenvalue weighted by Gasteiger charge is 2.09. The minimum Gasteiger partial charge on any atom is -0.455 e. The van der Waals surface area contributed by atoms with Gasteiger partial charge in [-0.05, 0) is 31.5 Å². The highest BCUT2D eigenvalue weighted by molar-refractivity contribution is 7.99. The maximum Gasteiger partial charge on any atom is 0.316 e. The highest BCUT2D eigenvalue weighted by Crippen LogP contribution is 2.13. The van der Waals surface area contributed by atoms with E-state index in [2.05, 4.69) is 5.32 Å². The van der Waals surface area contributed by atoms with Gasteiger partial charge in [0.05, 0.1) is 5.75 Å². The molecule has 0 unspecified atom stereocenters. The van der Waals surface area contributed by atoms with Crippen molar-refractivity contribution >= 4 is 35.1 Å². The van der Waals surface area contributed by atoms with Crippen LogP contribution in [0.1, 0.15) is 28.4 Å². The molecule has 0 bridgehead atoms. The molecule has 2 aromatic carbocycles. The van der Waals surface area contributed by atoms with Crippen LogP contribution in [0.25, 0.3) is 0 Å². The Kier molecular flexibility index (Phi) is 7.41. The van der Waals surface area contributed by atoms with Crippen molar-refractivity contribution in [3.8, 4) is 0 Å². The van der Waals surface area contributed by atoms with E-state index >= 15 is 0 Å². The Morgan fingerprint density at radius 1 is 1.08 bits per heavy atom. The van der Waals surface area contributed by atoms with Gasteiger partial charge in [-0.3, -0.25) is 14.4 Å². The summed E-state index contributed by atoms with van der Waals surface area (Å²) in [7, 11) is 0. The fourth-order valence-corrected chi connectivity index (χ4v) is 2.92. The minimum absolute atomic E-state index is 0.0851. The normalized spacial score (nSPS) is 10.2. The first kappa shape index (κ1) is 19.7. The molecule has 0 aliphatic carbocycles. The fourth-order valence-electron chi connectivity index (χ4n) is 2.14. The number of aryl methyl sites for hydroxylation is 1. The zero-order valence-electron chi connectivity index (χ0n) is 14.8. The van der Waals surface area contributed by atoms with Crippen molar-refractivity contribution in [2.24, 2.45) is 0 Å². The van der Waals surface area contributed by atoms with Gasteiger partial charge >= 0.3 is 5.97 Å². The predicted octanol–water partition coefficient (Wildman–Crippen LogP) is 3.61. The van der Waals surface area contributed by atoms with E-state index in [0.717, 1.165) is 5.56 Å². The van der Waals surface area contributed by atoms with Crippen molar-refractivity contribution in [3.63, 3.8) is 0 Å². The smallest absolute Gasteiger partial charge is 0.316 e. The second-order valence-electron chi connectivity index (χ2n) is 5.82. The molecule has 0 aliphatic heterocycles. The van der Waals surface area contributed by atoms with E-state index < -0.39 is 11.9 Å². The summed E-state index contributed by atoms with van der Waals surface area (Å²) < 4.78 is 4.97. The largest absolute Gasteiger partial charge is 0.455 e. The molecule has 5 nitrogen and oxygen atoms in total. The molecule has 0 spiro atoms. The summed E-state index contributed by atoms with van der Waals surface area (Å²) in [6.45, 7) is 3.13. The lowest BCUT2D eigenvalue weighted by atomic mass is 10.1. The summed E-state index contributed by atoms with van der Waals surface area (Å²) in [5.74, 6) is -0.0733. The van der Waals surface area contributed by atoms with Crippen LogP contribution in [-0.2, 0) is 20.1 Å². The maximum atomic E-state index is 11.8. The number of hydrogen-bond donors (Lipinski definition) is 1. The molecule has 1 N–H and O–H groups in total. The number of Topliss-reactive ketones (excluding diaryl/α,β-unsaturated/α-hetero) is 1. The van der Waals surface area contributed by atoms with Crippen molar-refractivity contribution < 1.29 is 19.1 Å². The number of esters is 1. The van der Waals surface area contributed by atoms with E-state index in [9.17, 15) is 14.4 Å². The van der Waals surface area contributed by atoms with Crippen molar-refractivity contribution in [1.82, 2.24) is 0 Å². The molecule has 0 fully saturated rings. The molecular weight excluding hydrogens is 350 g/mol. The van der Waals surface area contributed by atoms with Crippen molar-refractivity contribution in [3.05, 3.63) is 65.2 Å². The van der Waals surface area contributed by atoms with E-state index in [-0.39, 0.29) is 18.1 Å². The van der Waals surface area contributed by atoms with Crippen LogP contribution in [-0.4, -0.2) is 30.0 Å². The average molecular weight is 371 g/mol. The topological polar surface area (TPSA) is 72.5 Å².